The maximum absolute atomic E-state index is 12.2. The van der Waals surface area contributed by atoms with E-state index in [-0.39, 0.29) is 12.5 Å². The third kappa shape index (κ3) is 2.90. The third-order valence-electron chi connectivity index (χ3n) is 3.51. The molecule has 0 radical (unpaired) electrons. The molecule has 0 unspecified atom stereocenters. The van der Waals surface area contributed by atoms with E-state index in [9.17, 15) is 9.59 Å². The Labute approximate surface area is 140 Å². The average Bonchev–Trinajstić information content (AvgIpc) is 3.25. The first-order valence-electron chi connectivity index (χ1n) is 7.41. The van der Waals surface area contributed by atoms with E-state index in [1.54, 1.807) is 42.7 Å². The highest BCUT2D eigenvalue weighted by molar-refractivity contribution is 5.91. The maximum atomic E-state index is 12.2. The zero-order chi connectivity index (χ0) is 17.2. The van der Waals surface area contributed by atoms with E-state index in [0.717, 1.165) is 0 Å². The molecule has 0 aliphatic rings. The average molecular weight is 336 g/mol. The molecule has 124 valence electrons. The third-order valence-corrected chi connectivity index (χ3v) is 3.51. The van der Waals surface area contributed by atoms with Crippen LogP contribution >= 0.6 is 0 Å². The molecule has 1 amide bonds. The maximum Gasteiger partial charge on any atom is 0.420 e. The van der Waals surface area contributed by atoms with Crippen LogP contribution in [0.3, 0.4) is 0 Å². The summed E-state index contributed by atoms with van der Waals surface area (Å²) in [6.07, 6.45) is 6.27. The molecular weight excluding hydrogens is 324 g/mol. The Hall–Kier alpha value is -3.75. The largest absolute Gasteiger partial charge is 0.420 e. The van der Waals surface area contributed by atoms with Crippen LogP contribution in [0.2, 0.25) is 0 Å². The summed E-state index contributed by atoms with van der Waals surface area (Å²) in [5, 5.41) is 6.67. The molecule has 9 nitrogen and oxygen atoms in total. The van der Waals surface area contributed by atoms with E-state index in [4.69, 9.17) is 4.42 Å². The first kappa shape index (κ1) is 14.8. The number of carbonyl (C=O) groups excluding carboxylic acids is 1. The van der Waals surface area contributed by atoms with Gasteiger partial charge in [-0.2, -0.15) is 5.10 Å². The zero-order valence-electron chi connectivity index (χ0n) is 12.9. The van der Waals surface area contributed by atoms with Gasteiger partial charge in [0.2, 0.25) is 5.91 Å². The highest BCUT2D eigenvalue weighted by Crippen LogP contribution is 2.12. The summed E-state index contributed by atoms with van der Waals surface area (Å²) in [7, 11) is 0. The summed E-state index contributed by atoms with van der Waals surface area (Å²) in [4.78, 5) is 32.3. The molecule has 0 spiro atoms. The molecule has 0 aliphatic carbocycles. The number of hydrogen-bond donors (Lipinski definition) is 1. The Balaban J connectivity index is 1.50. The number of anilines is 1. The van der Waals surface area contributed by atoms with Crippen molar-refractivity contribution in [1.82, 2.24) is 24.3 Å². The van der Waals surface area contributed by atoms with E-state index < -0.39 is 5.76 Å². The summed E-state index contributed by atoms with van der Waals surface area (Å²) >= 11 is 0. The second kappa shape index (κ2) is 6.04. The number of hydrogen-bond acceptors (Lipinski definition) is 6. The van der Waals surface area contributed by atoms with Crippen molar-refractivity contribution in [3.63, 3.8) is 0 Å². The number of amides is 1. The van der Waals surface area contributed by atoms with Gasteiger partial charge in [-0.15, -0.1) is 0 Å². The van der Waals surface area contributed by atoms with Crippen LogP contribution in [0.5, 0.6) is 0 Å². The normalized spacial score (nSPS) is 10.9. The molecule has 9 heteroatoms. The molecular formula is C16H12N6O3. The van der Waals surface area contributed by atoms with E-state index in [1.165, 1.54) is 21.6 Å². The minimum Gasteiger partial charge on any atom is -0.408 e. The Morgan fingerprint density at radius 1 is 1.16 bits per heavy atom. The fourth-order valence-corrected chi connectivity index (χ4v) is 2.40. The van der Waals surface area contributed by atoms with Crippen molar-refractivity contribution < 1.29 is 9.21 Å². The highest BCUT2D eigenvalue weighted by Gasteiger charge is 2.12. The van der Waals surface area contributed by atoms with Crippen molar-refractivity contribution in [2.24, 2.45) is 0 Å². The molecule has 3 aromatic heterocycles. The fourth-order valence-electron chi connectivity index (χ4n) is 2.40. The molecule has 0 saturated carbocycles. The lowest BCUT2D eigenvalue weighted by molar-refractivity contribution is -0.116. The number of rotatable bonds is 4. The molecule has 0 fully saturated rings. The number of para-hydroxylation sites is 2. The number of nitrogens with one attached hydrogen (secondary N) is 1. The molecule has 1 N–H and O–H groups in total. The van der Waals surface area contributed by atoms with Crippen LogP contribution in [0.15, 0.2) is 64.3 Å². The second-order valence-electron chi connectivity index (χ2n) is 5.19. The van der Waals surface area contributed by atoms with Crippen molar-refractivity contribution in [3.8, 4) is 5.95 Å². The first-order valence-corrected chi connectivity index (χ1v) is 7.41. The number of benzene rings is 1. The van der Waals surface area contributed by atoms with Crippen LogP contribution < -0.4 is 11.1 Å². The van der Waals surface area contributed by atoms with Crippen LogP contribution in [-0.2, 0) is 11.3 Å². The van der Waals surface area contributed by atoms with Gasteiger partial charge in [-0.05, 0) is 18.2 Å². The Kier molecular flexibility index (Phi) is 3.58. The number of fused-ring (bicyclic) bond motifs is 1. The molecule has 0 atom stereocenters. The van der Waals surface area contributed by atoms with Gasteiger partial charge >= 0.3 is 5.76 Å². The topological polar surface area (TPSA) is 108 Å². The Morgan fingerprint density at radius 3 is 2.72 bits per heavy atom. The first-order chi connectivity index (χ1) is 12.2. The lowest BCUT2D eigenvalue weighted by Gasteiger charge is -2.06. The van der Waals surface area contributed by atoms with Crippen molar-refractivity contribution in [1.29, 1.82) is 0 Å². The number of aromatic nitrogens is 5. The van der Waals surface area contributed by atoms with Crippen molar-refractivity contribution >= 4 is 22.7 Å². The van der Waals surface area contributed by atoms with Gasteiger partial charge < -0.3 is 9.73 Å². The van der Waals surface area contributed by atoms with E-state index in [1.807, 2.05) is 0 Å². The summed E-state index contributed by atoms with van der Waals surface area (Å²) in [6, 6.07) is 8.68. The predicted molar refractivity (Wildman–Crippen MR) is 88.3 cm³/mol. The van der Waals surface area contributed by atoms with Gasteiger partial charge in [-0.1, -0.05) is 12.1 Å². The molecule has 4 rings (SSSR count). The van der Waals surface area contributed by atoms with Gasteiger partial charge in [0.05, 0.1) is 23.6 Å². The van der Waals surface area contributed by atoms with Gasteiger partial charge in [0, 0.05) is 12.4 Å². The number of carbonyl (C=O) groups is 1. The van der Waals surface area contributed by atoms with Crippen LogP contribution in [0, 0.1) is 0 Å². The van der Waals surface area contributed by atoms with Crippen LogP contribution in [0.1, 0.15) is 0 Å². The predicted octanol–water partition coefficient (Wildman–Crippen LogP) is 1.21. The van der Waals surface area contributed by atoms with Crippen LogP contribution in [0.25, 0.3) is 17.0 Å². The molecule has 3 heterocycles. The summed E-state index contributed by atoms with van der Waals surface area (Å²) in [6.45, 7) is -0.170. The van der Waals surface area contributed by atoms with Crippen LogP contribution in [0.4, 0.5) is 5.69 Å². The lowest BCUT2D eigenvalue weighted by atomic mass is 10.3. The quantitative estimate of drug-likeness (QED) is 0.600. The van der Waals surface area contributed by atoms with E-state index >= 15 is 0 Å². The molecule has 0 saturated heterocycles. The summed E-state index contributed by atoms with van der Waals surface area (Å²) in [5.41, 5.74) is 1.42. The minimum atomic E-state index is -0.582. The molecule has 4 aromatic rings. The van der Waals surface area contributed by atoms with Gasteiger partial charge in [0.1, 0.15) is 6.54 Å². The molecule has 0 aliphatic heterocycles. The Morgan fingerprint density at radius 2 is 1.96 bits per heavy atom. The summed E-state index contributed by atoms with van der Waals surface area (Å²) in [5.74, 6) is -0.578. The van der Waals surface area contributed by atoms with Crippen LogP contribution in [-0.4, -0.2) is 30.2 Å². The molecule has 0 bridgehead atoms. The number of oxazole rings is 1. The van der Waals surface area contributed by atoms with E-state index in [2.05, 4.69) is 20.4 Å². The van der Waals surface area contributed by atoms with E-state index in [0.29, 0.717) is 22.7 Å². The van der Waals surface area contributed by atoms with Crippen molar-refractivity contribution in [2.45, 2.75) is 6.54 Å². The smallest absolute Gasteiger partial charge is 0.408 e. The van der Waals surface area contributed by atoms with Crippen molar-refractivity contribution in [3.05, 3.63) is 65.7 Å². The molecule has 25 heavy (non-hydrogen) atoms. The van der Waals surface area contributed by atoms with Gasteiger partial charge in [-0.3, -0.25) is 9.36 Å². The van der Waals surface area contributed by atoms with Gasteiger partial charge in [-0.25, -0.2) is 19.4 Å². The number of nitrogens with zero attached hydrogens (tertiary/aromatic N) is 5. The Bertz CT molecular complexity index is 1080. The summed E-state index contributed by atoms with van der Waals surface area (Å²) < 4.78 is 7.87. The monoisotopic (exact) mass is 336 g/mol. The van der Waals surface area contributed by atoms with Crippen molar-refractivity contribution in [2.75, 3.05) is 5.32 Å². The SMILES string of the molecule is O=C(Cn1c(=O)oc2ccccc21)Nc1cnc(-n2cccn2)nc1. The standard InChI is InChI=1S/C16H12N6O3/c23-14(10-21-12-4-1-2-5-13(12)25-16(21)24)20-11-8-17-15(18-9-11)22-7-3-6-19-22/h1-9H,10H2,(H,20,23). The fraction of sp³-hybridized carbons (Fsp3) is 0.0625. The second-order valence-corrected chi connectivity index (χ2v) is 5.19. The zero-order valence-corrected chi connectivity index (χ0v) is 12.9. The van der Waals surface area contributed by atoms with Gasteiger partial charge in [0.15, 0.2) is 5.58 Å². The highest BCUT2D eigenvalue weighted by atomic mass is 16.4. The molecule has 1 aromatic carbocycles. The minimum absolute atomic E-state index is 0.170. The lowest BCUT2D eigenvalue weighted by Crippen LogP contribution is -2.24. The van der Waals surface area contributed by atoms with Gasteiger partial charge in [0.25, 0.3) is 5.95 Å².